The predicted octanol–water partition coefficient (Wildman–Crippen LogP) is 4.99. The van der Waals surface area contributed by atoms with Crippen LogP contribution in [0.5, 0.6) is 0 Å². The molecule has 0 saturated carbocycles. The Hall–Kier alpha value is -2.25. The van der Waals surface area contributed by atoms with Gasteiger partial charge in [-0.15, -0.1) is 0 Å². The van der Waals surface area contributed by atoms with Gasteiger partial charge in [0, 0.05) is 51.0 Å². The maximum atomic E-state index is 13.0. The second-order valence-corrected chi connectivity index (χ2v) is 8.61. The Morgan fingerprint density at radius 3 is 2.61 bits per heavy atom. The molecule has 1 atom stereocenters. The molecule has 0 spiro atoms. The van der Waals surface area contributed by atoms with Crippen molar-refractivity contribution >= 4 is 11.8 Å². The monoisotopic (exact) mass is 433 g/mol. The Labute approximate surface area is 181 Å². The van der Waals surface area contributed by atoms with Gasteiger partial charge in [0.05, 0.1) is 11.8 Å². The number of rotatable bonds is 5. The van der Waals surface area contributed by atoms with Crippen molar-refractivity contribution < 1.29 is 17.6 Å². The number of hydrogen-bond donors (Lipinski definition) is 0. The lowest BCUT2D eigenvalue weighted by atomic mass is 10.0. The number of hydrogen-bond acceptors (Lipinski definition) is 4. The van der Waals surface area contributed by atoms with Crippen LogP contribution in [-0.4, -0.2) is 61.7 Å². The maximum Gasteiger partial charge on any atom is 0.416 e. The van der Waals surface area contributed by atoms with Crippen molar-refractivity contribution in [3.63, 3.8) is 0 Å². The van der Waals surface area contributed by atoms with E-state index >= 15 is 0 Å². The molecule has 7 heteroatoms. The number of halogens is 3. The van der Waals surface area contributed by atoms with Crippen LogP contribution < -0.4 is 4.90 Å². The minimum atomic E-state index is -4.30. The van der Waals surface area contributed by atoms with Gasteiger partial charge in [-0.3, -0.25) is 9.80 Å². The van der Waals surface area contributed by atoms with Gasteiger partial charge < -0.3 is 9.32 Å². The largest absolute Gasteiger partial charge is 0.465 e. The van der Waals surface area contributed by atoms with Crippen LogP contribution in [-0.2, 0) is 6.18 Å². The molecule has 31 heavy (non-hydrogen) atoms. The van der Waals surface area contributed by atoms with Gasteiger partial charge in [-0.2, -0.15) is 13.2 Å². The van der Waals surface area contributed by atoms with Crippen LogP contribution in [0.2, 0.25) is 0 Å². The summed E-state index contributed by atoms with van der Waals surface area (Å²) in [5.41, 5.74) is 1.37. The first-order valence-electron chi connectivity index (χ1n) is 11.0. The summed E-state index contributed by atoms with van der Waals surface area (Å²) in [7, 11) is 0. The van der Waals surface area contributed by atoms with Crippen LogP contribution in [0.1, 0.15) is 31.1 Å². The number of piperidine rings is 1. The Kier molecular flexibility index (Phi) is 6.72. The smallest absolute Gasteiger partial charge is 0.416 e. The molecule has 0 aliphatic carbocycles. The van der Waals surface area contributed by atoms with Gasteiger partial charge in [0.2, 0.25) is 0 Å². The number of nitrogens with zero attached hydrogens (tertiary/aromatic N) is 3. The fraction of sp³-hybridized carbons (Fsp3) is 0.500. The van der Waals surface area contributed by atoms with Gasteiger partial charge in [-0.05, 0) is 62.7 Å². The molecule has 1 aromatic heterocycles. The summed E-state index contributed by atoms with van der Waals surface area (Å²) in [5, 5.41) is 0. The molecular formula is C24H30F3N3O. The molecule has 3 heterocycles. The molecule has 0 bridgehead atoms. The summed E-state index contributed by atoms with van der Waals surface area (Å²) in [6.45, 7) is 8.49. The Morgan fingerprint density at radius 1 is 1.10 bits per heavy atom. The van der Waals surface area contributed by atoms with E-state index in [9.17, 15) is 13.2 Å². The molecule has 1 aromatic carbocycles. The van der Waals surface area contributed by atoms with Gasteiger partial charge in [0.25, 0.3) is 0 Å². The van der Waals surface area contributed by atoms with Crippen molar-refractivity contribution in [2.45, 2.75) is 32.0 Å². The van der Waals surface area contributed by atoms with Crippen molar-refractivity contribution in [2.75, 3.05) is 50.7 Å². The quantitative estimate of drug-likeness (QED) is 0.663. The van der Waals surface area contributed by atoms with E-state index in [2.05, 4.69) is 27.7 Å². The minimum absolute atomic E-state index is 0.508. The van der Waals surface area contributed by atoms with E-state index in [-0.39, 0.29) is 0 Å². The lowest BCUT2D eigenvalue weighted by Gasteiger charge is -2.44. The molecule has 2 saturated heterocycles. The molecule has 0 N–H and O–H groups in total. The molecular weight excluding hydrogens is 403 g/mol. The first kappa shape index (κ1) is 22.0. The third-order valence-electron chi connectivity index (χ3n) is 6.25. The highest BCUT2D eigenvalue weighted by atomic mass is 19.4. The number of benzene rings is 1. The first-order valence-corrected chi connectivity index (χ1v) is 11.0. The van der Waals surface area contributed by atoms with E-state index in [1.807, 2.05) is 12.1 Å². The second-order valence-electron chi connectivity index (χ2n) is 8.61. The topological polar surface area (TPSA) is 22.9 Å². The van der Waals surface area contributed by atoms with Crippen LogP contribution in [0, 0.1) is 0 Å². The van der Waals surface area contributed by atoms with E-state index in [1.54, 1.807) is 12.3 Å². The fourth-order valence-corrected chi connectivity index (χ4v) is 4.71. The van der Waals surface area contributed by atoms with Crippen LogP contribution in [0.4, 0.5) is 18.9 Å². The highest BCUT2D eigenvalue weighted by molar-refractivity contribution is 5.50. The zero-order valence-electron chi connectivity index (χ0n) is 17.9. The number of anilines is 1. The van der Waals surface area contributed by atoms with Gasteiger partial charge in [0.15, 0.2) is 0 Å². The lowest BCUT2D eigenvalue weighted by Crippen LogP contribution is -2.55. The van der Waals surface area contributed by atoms with E-state index in [4.69, 9.17) is 4.42 Å². The fourth-order valence-electron chi connectivity index (χ4n) is 4.71. The SMILES string of the molecule is CC(=Cc1ccco1)CN1CCCC(N2CCN(c3cccc(C(F)(F)F)c3)CC2)C1. The van der Waals surface area contributed by atoms with Crippen LogP contribution in [0.3, 0.4) is 0 Å². The van der Waals surface area contributed by atoms with Gasteiger partial charge in [-0.1, -0.05) is 11.6 Å². The second kappa shape index (κ2) is 9.49. The summed E-state index contributed by atoms with van der Waals surface area (Å²) in [5.74, 6) is 0.886. The van der Waals surface area contributed by atoms with Gasteiger partial charge >= 0.3 is 6.18 Å². The zero-order valence-corrected chi connectivity index (χ0v) is 17.9. The summed E-state index contributed by atoms with van der Waals surface area (Å²) in [4.78, 5) is 7.09. The Balaban J connectivity index is 1.30. The standard InChI is InChI=1S/C24H30F3N3O/c1-19(15-23-8-4-14-31-23)17-28-9-3-7-22(18-28)30-12-10-29(11-13-30)21-6-2-5-20(16-21)24(25,26)27/h2,4-6,8,14-16,22H,3,7,9-13,17-18H2,1H3. The molecule has 2 aliphatic rings. The first-order chi connectivity index (χ1) is 14.9. The predicted molar refractivity (Wildman–Crippen MR) is 117 cm³/mol. The molecule has 2 aromatic rings. The van der Waals surface area contributed by atoms with Gasteiger partial charge in [-0.25, -0.2) is 0 Å². The summed E-state index contributed by atoms with van der Waals surface area (Å²) in [6.07, 6.45) is 1.84. The van der Waals surface area contributed by atoms with Gasteiger partial charge in [0.1, 0.15) is 5.76 Å². The molecule has 168 valence electrons. The molecule has 0 amide bonds. The van der Waals surface area contributed by atoms with E-state index in [0.717, 1.165) is 57.6 Å². The van der Waals surface area contributed by atoms with Crippen molar-refractivity contribution in [1.29, 1.82) is 0 Å². The summed E-state index contributed by atoms with van der Waals surface area (Å²) in [6, 6.07) is 10.1. The highest BCUT2D eigenvalue weighted by Crippen LogP contribution is 2.32. The van der Waals surface area contributed by atoms with Crippen molar-refractivity contribution in [1.82, 2.24) is 9.80 Å². The molecule has 2 aliphatic heterocycles. The summed E-state index contributed by atoms with van der Waals surface area (Å²) < 4.78 is 44.5. The maximum absolute atomic E-state index is 13.0. The summed E-state index contributed by atoms with van der Waals surface area (Å²) >= 11 is 0. The average Bonchev–Trinajstić information content (AvgIpc) is 3.26. The zero-order chi connectivity index (χ0) is 21.8. The number of furan rings is 1. The molecule has 1 unspecified atom stereocenters. The van der Waals surface area contributed by atoms with E-state index in [1.165, 1.54) is 30.5 Å². The van der Waals surface area contributed by atoms with E-state index < -0.39 is 11.7 Å². The number of likely N-dealkylation sites (tertiary alicyclic amines) is 1. The molecule has 4 rings (SSSR count). The Bertz CT molecular complexity index is 870. The lowest BCUT2D eigenvalue weighted by molar-refractivity contribution is -0.137. The number of piperazine rings is 1. The van der Waals surface area contributed by atoms with Crippen LogP contribution >= 0.6 is 0 Å². The average molecular weight is 434 g/mol. The Morgan fingerprint density at radius 2 is 1.90 bits per heavy atom. The van der Waals surface area contributed by atoms with E-state index in [0.29, 0.717) is 11.7 Å². The highest BCUT2D eigenvalue weighted by Gasteiger charge is 2.32. The van der Waals surface area contributed by atoms with Crippen LogP contribution in [0.25, 0.3) is 6.08 Å². The van der Waals surface area contributed by atoms with Crippen molar-refractivity contribution in [3.05, 3.63) is 59.6 Å². The number of alkyl halides is 3. The normalized spacial score (nSPS) is 22.1. The molecule has 4 nitrogen and oxygen atoms in total. The molecule has 2 fully saturated rings. The minimum Gasteiger partial charge on any atom is -0.465 e. The third kappa shape index (κ3) is 5.71. The van der Waals surface area contributed by atoms with Crippen molar-refractivity contribution in [3.8, 4) is 0 Å². The molecule has 0 radical (unpaired) electrons. The van der Waals surface area contributed by atoms with Crippen LogP contribution in [0.15, 0.2) is 52.7 Å². The third-order valence-corrected chi connectivity index (χ3v) is 6.25. The van der Waals surface area contributed by atoms with Crippen molar-refractivity contribution in [2.24, 2.45) is 0 Å².